The molecule has 1 fully saturated rings. The van der Waals surface area contributed by atoms with Crippen LogP contribution in [-0.2, 0) is 14.8 Å². The van der Waals surface area contributed by atoms with Crippen molar-refractivity contribution in [2.24, 2.45) is 0 Å². The second kappa shape index (κ2) is 8.68. The Morgan fingerprint density at radius 2 is 2.06 bits per heavy atom. The van der Waals surface area contributed by atoms with Gasteiger partial charge in [-0.05, 0) is 50.1 Å². The minimum atomic E-state index is -3.41. The van der Waals surface area contributed by atoms with Crippen LogP contribution in [0, 0.1) is 6.92 Å². The van der Waals surface area contributed by atoms with E-state index in [0.29, 0.717) is 39.7 Å². The van der Waals surface area contributed by atoms with E-state index in [1.54, 1.807) is 38.4 Å². The number of pyridine rings is 1. The van der Waals surface area contributed by atoms with Gasteiger partial charge in [0.1, 0.15) is 11.5 Å². The fraction of sp³-hybridized carbons (Fsp3) is 0.333. The summed E-state index contributed by atoms with van der Waals surface area (Å²) in [6.45, 7) is 3.02. The molecular weight excluding hydrogens is 474 g/mol. The molecule has 0 unspecified atom stereocenters. The molecule has 10 heteroatoms. The number of carbonyl (C=O) groups is 1. The van der Waals surface area contributed by atoms with Gasteiger partial charge in [-0.2, -0.15) is 0 Å². The van der Waals surface area contributed by atoms with Crippen LogP contribution in [-0.4, -0.2) is 60.7 Å². The van der Waals surface area contributed by atoms with Gasteiger partial charge in [-0.1, -0.05) is 0 Å². The van der Waals surface area contributed by atoms with E-state index < -0.39 is 10.0 Å². The van der Waals surface area contributed by atoms with E-state index in [2.05, 4.69) is 4.98 Å². The summed E-state index contributed by atoms with van der Waals surface area (Å²) >= 11 is 1.37. The van der Waals surface area contributed by atoms with E-state index in [0.717, 1.165) is 29.5 Å². The number of aromatic nitrogens is 2. The second-order valence-corrected chi connectivity index (χ2v) is 11.4. The number of thiophene rings is 1. The summed E-state index contributed by atoms with van der Waals surface area (Å²) in [5.74, 6) is 1.17. The van der Waals surface area contributed by atoms with E-state index in [1.807, 2.05) is 23.1 Å². The number of hydrogen-bond acceptors (Lipinski definition) is 7. The van der Waals surface area contributed by atoms with Gasteiger partial charge in [0.2, 0.25) is 10.0 Å². The number of amides is 1. The number of methoxy groups -OCH3 is 1. The van der Waals surface area contributed by atoms with E-state index >= 15 is 0 Å². The Labute approximate surface area is 201 Å². The predicted octanol–water partition coefficient (Wildman–Crippen LogP) is 4.41. The molecule has 178 valence electrons. The maximum atomic E-state index is 13.2. The van der Waals surface area contributed by atoms with E-state index in [-0.39, 0.29) is 11.9 Å². The first kappa shape index (κ1) is 22.8. The lowest BCUT2D eigenvalue weighted by Crippen LogP contribution is -2.37. The topological polar surface area (TPSA) is 90.7 Å². The Bertz CT molecular complexity index is 1510. The Morgan fingerprint density at radius 1 is 1.24 bits per heavy atom. The average Bonchev–Trinajstić information content (AvgIpc) is 3.49. The third-order valence-electron chi connectivity index (χ3n) is 6.05. The molecule has 1 aliphatic rings. The van der Waals surface area contributed by atoms with Crippen LogP contribution in [0.4, 0.5) is 0 Å². The second-order valence-electron chi connectivity index (χ2n) is 8.52. The van der Waals surface area contributed by atoms with E-state index in [9.17, 15) is 13.2 Å². The number of benzene rings is 1. The quantitative estimate of drug-likeness (QED) is 0.390. The largest absolute Gasteiger partial charge is 0.456 e. The fourth-order valence-electron chi connectivity index (χ4n) is 4.65. The van der Waals surface area contributed by atoms with Gasteiger partial charge < -0.3 is 14.4 Å². The molecule has 0 N–H and O–H groups in total. The Hall–Kier alpha value is -2.95. The smallest absolute Gasteiger partial charge is 0.264 e. The number of nitrogens with zero attached hydrogens (tertiary/aromatic N) is 3. The van der Waals surface area contributed by atoms with Gasteiger partial charge in [-0.25, -0.2) is 12.4 Å². The van der Waals surface area contributed by atoms with Gasteiger partial charge in [-0.3, -0.25) is 9.78 Å². The molecule has 0 spiro atoms. The molecule has 0 radical (unpaired) electrons. The van der Waals surface area contributed by atoms with Gasteiger partial charge in [-0.15, -0.1) is 11.3 Å². The molecule has 0 bridgehead atoms. The van der Waals surface area contributed by atoms with Crippen LogP contribution in [0.3, 0.4) is 0 Å². The third-order valence-corrected chi connectivity index (χ3v) is 8.32. The first-order valence-electron chi connectivity index (χ1n) is 10.9. The highest BCUT2D eigenvalue weighted by Gasteiger charge is 2.30. The average molecular weight is 500 g/mol. The molecule has 4 aromatic rings. The Balaban J connectivity index is 1.46. The van der Waals surface area contributed by atoms with Gasteiger partial charge >= 0.3 is 0 Å². The summed E-state index contributed by atoms with van der Waals surface area (Å²) < 4.78 is 37.9. The zero-order valence-electron chi connectivity index (χ0n) is 19.1. The normalized spacial score (nSPS) is 16.6. The van der Waals surface area contributed by atoms with Crippen molar-refractivity contribution in [3.8, 4) is 11.5 Å². The fourth-order valence-corrected chi connectivity index (χ4v) is 6.77. The highest BCUT2D eigenvalue weighted by molar-refractivity contribution is 7.89. The molecule has 3 aromatic heterocycles. The maximum absolute atomic E-state index is 13.2. The SMILES string of the molecule is COC[C@H]1CCCN1C(=O)c1cc2nccc(Oc3ccc4c(c3)cc(C)n4S(C)(=O)=O)c2s1. The molecule has 1 aromatic carbocycles. The van der Waals surface area contributed by atoms with Crippen molar-refractivity contribution in [1.82, 2.24) is 13.9 Å². The number of aryl methyl sites for hydroxylation is 1. The van der Waals surface area contributed by atoms with Crippen LogP contribution >= 0.6 is 11.3 Å². The molecule has 0 saturated carbocycles. The van der Waals surface area contributed by atoms with Crippen molar-refractivity contribution < 1.29 is 22.7 Å². The first-order chi connectivity index (χ1) is 16.3. The molecule has 4 heterocycles. The van der Waals surface area contributed by atoms with Crippen LogP contribution < -0.4 is 4.74 Å². The molecule has 5 rings (SSSR count). The summed E-state index contributed by atoms with van der Waals surface area (Å²) in [4.78, 5) is 20.1. The third kappa shape index (κ3) is 4.06. The summed E-state index contributed by atoms with van der Waals surface area (Å²) in [6.07, 6.45) is 4.76. The van der Waals surface area contributed by atoms with Gasteiger partial charge in [0.25, 0.3) is 5.91 Å². The predicted molar refractivity (Wildman–Crippen MR) is 133 cm³/mol. The number of rotatable bonds is 6. The van der Waals surface area contributed by atoms with Crippen molar-refractivity contribution in [3.63, 3.8) is 0 Å². The van der Waals surface area contributed by atoms with Crippen LogP contribution in [0.2, 0.25) is 0 Å². The molecule has 8 nitrogen and oxygen atoms in total. The highest BCUT2D eigenvalue weighted by Crippen LogP contribution is 2.37. The summed E-state index contributed by atoms with van der Waals surface area (Å²) in [5, 5.41) is 0.769. The number of likely N-dealkylation sites (tertiary alicyclic amines) is 1. The molecule has 1 saturated heterocycles. The number of hydrogen-bond donors (Lipinski definition) is 0. The Kier molecular flexibility index (Phi) is 5.83. The molecule has 1 aliphatic heterocycles. The Morgan fingerprint density at radius 3 is 2.82 bits per heavy atom. The van der Waals surface area contributed by atoms with Crippen molar-refractivity contribution in [2.45, 2.75) is 25.8 Å². The monoisotopic (exact) mass is 499 g/mol. The standard InChI is InChI=1S/C24H25N3O5S2/c1-15-11-16-12-18(6-7-20(16)27(15)34(3,29)30)32-21-8-9-25-19-13-22(33-23(19)21)24(28)26-10-4-5-17(26)14-31-2/h6-9,11-13,17H,4-5,10,14H2,1-3H3/t17-/m1/s1. The highest BCUT2D eigenvalue weighted by atomic mass is 32.2. The molecule has 34 heavy (non-hydrogen) atoms. The van der Waals surface area contributed by atoms with Crippen LogP contribution in [0.25, 0.3) is 21.1 Å². The van der Waals surface area contributed by atoms with Crippen molar-refractivity contribution in [2.75, 3.05) is 26.5 Å². The summed E-state index contributed by atoms with van der Waals surface area (Å²) in [5.41, 5.74) is 1.94. The number of carbonyl (C=O) groups excluding carboxylic acids is 1. The molecule has 0 aliphatic carbocycles. The lowest BCUT2D eigenvalue weighted by atomic mass is 10.2. The van der Waals surface area contributed by atoms with Crippen molar-refractivity contribution in [1.29, 1.82) is 0 Å². The van der Waals surface area contributed by atoms with Gasteiger partial charge in [0, 0.05) is 37.0 Å². The van der Waals surface area contributed by atoms with Crippen molar-refractivity contribution in [3.05, 3.63) is 53.2 Å². The van der Waals surface area contributed by atoms with E-state index in [4.69, 9.17) is 9.47 Å². The molecule has 1 atom stereocenters. The van der Waals surface area contributed by atoms with Gasteiger partial charge in [0.05, 0.1) is 39.5 Å². The van der Waals surface area contributed by atoms with Crippen molar-refractivity contribution >= 4 is 48.4 Å². The van der Waals surface area contributed by atoms with Crippen LogP contribution in [0.5, 0.6) is 11.5 Å². The van der Waals surface area contributed by atoms with Gasteiger partial charge in [0.15, 0.2) is 0 Å². The lowest BCUT2D eigenvalue weighted by molar-refractivity contribution is 0.0635. The molecular formula is C24H25N3O5S2. The number of fused-ring (bicyclic) bond motifs is 2. The van der Waals surface area contributed by atoms with Crippen LogP contribution in [0.15, 0.2) is 42.6 Å². The minimum Gasteiger partial charge on any atom is -0.456 e. The zero-order chi connectivity index (χ0) is 24.0. The number of ether oxygens (including phenoxy) is 2. The van der Waals surface area contributed by atoms with E-state index in [1.165, 1.54) is 21.6 Å². The maximum Gasteiger partial charge on any atom is 0.264 e. The summed E-state index contributed by atoms with van der Waals surface area (Å²) in [7, 11) is -1.76. The minimum absolute atomic E-state index is 0.00694. The van der Waals surface area contributed by atoms with Crippen LogP contribution in [0.1, 0.15) is 28.2 Å². The first-order valence-corrected chi connectivity index (χ1v) is 13.6. The summed E-state index contributed by atoms with van der Waals surface area (Å²) in [6, 6.07) is 10.8. The molecule has 1 amide bonds. The zero-order valence-corrected chi connectivity index (χ0v) is 20.8. The lowest BCUT2D eigenvalue weighted by Gasteiger charge is -2.23.